The average Bonchev–Trinajstić information content (AvgIpc) is 2.92. The molecular weight excluding hydrogens is 406 g/mol. The fourth-order valence-electron chi connectivity index (χ4n) is 5.03. The molecule has 0 bridgehead atoms. The van der Waals surface area contributed by atoms with Crippen LogP contribution in [0, 0.1) is 5.92 Å². The molecule has 1 aromatic heterocycles. The maximum Gasteiger partial charge on any atom is 0.224 e. The van der Waals surface area contributed by atoms with Crippen molar-refractivity contribution in [2.75, 3.05) is 20.2 Å². The number of piperidine rings is 1. The number of carbonyl (C=O) groups excluding carboxylic acids is 1. The van der Waals surface area contributed by atoms with Gasteiger partial charge in [0, 0.05) is 36.5 Å². The van der Waals surface area contributed by atoms with E-state index in [1.54, 1.807) is 0 Å². The Bertz CT molecular complexity index is 874. The monoisotopic (exact) mass is 433 g/mol. The molecule has 2 heterocycles. The number of hydrogen-bond donors (Lipinski definition) is 2. The number of aryl methyl sites for hydroxylation is 1. The maximum atomic E-state index is 12.8. The minimum Gasteiger partial charge on any atom is -0.394 e. The third-order valence-corrected chi connectivity index (χ3v) is 7.61. The average molecular weight is 434 g/mol. The Kier molecular flexibility index (Phi) is 5.08. The number of nitrogens with zero attached hydrogens (tertiary/aromatic N) is 2. The quantitative estimate of drug-likeness (QED) is 0.778. The number of nitrogens with one attached hydrogen (secondary N) is 1. The number of fused-ring (bicyclic) bond motifs is 2. The molecule has 1 amide bonds. The third kappa shape index (κ3) is 3.02. The molecule has 2 N–H and O–H groups in total. The van der Waals surface area contributed by atoms with Gasteiger partial charge in [-0.05, 0) is 59.4 Å². The smallest absolute Gasteiger partial charge is 0.224 e. The van der Waals surface area contributed by atoms with Gasteiger partial charge >= 0.3 is 0 Å². The Hall–Kier alpha value is -1.37. The van der Waals surface area contributed by atoms with Crippen LogP contribution in [0.25, 0.3) is 10.9 Å². The van der Waals surface area contributed by atoms with Crippen LogP contribution in [0.3, 0.4) is 0 Å². The molecule has 1 aliphatic heterocycles. The number of likely N-dealkylation sites (N-methyl/N-ethyl adjacent to an activating group) is 1. The van der Waals surface area contributed by atoms with E-state index in [9.17, 15) is 9.90 Å². The second-order valence-corrected chi connectivity index (χ2v) is 8.87. The summed E-state index contributed by atoms with van der Waals surface area (Å²) in [6.45, 7) is 2.75. The lowest BCUT2D eigenvalue weighted by atomic mass is 9.72. The molecule has 146 valence electrons. The van der Waals surface area contributed by atoms with E-state index in [1.165, 1.54) is 26.6 Å². The Balaban J connectivity index is 1.68. The molecule has 0 radical (unpaired) electrons. The molecule has 2 aliphatic rings. The van der Waals surface area contributed by atoms with Gasteiger partial charge in [-0.3, -0.25) is 4.79 Å². The lowest BCUT2D eigenvalue weighted by molar-refractivity contribution is -0.128. The van der Waals surface area contributed by atoms with Gasteiger partial charge in [0.25, 0.3) is 0 Å². The molecule has 1 aromatic carbocycles. The summed E-state index contributed by atoms with van der Waals surface area (Å²) in [5.41, 5.74) is 4.03. The zero-order valence-electron chi connectivity index (χ0n) is 16.2. The summed E-state index contributed by atoms with van der Waals surface area (Å²) in [6, 6.07) is 6.83. The SMILES string of the molecule is CC[C@@H](CO)NC(=O)C1CC2c3cccc4c3c(c(Br)n4C)C[C@H]2N(C)C1. The number of amides is 1. The van der Waals surface area contributed by atoms with E-state index in [-0.39, 0.29) is 24.5 Å². The summed E-state index contributed by atoms with van der Waals surface area (Å²) in [5.74, 6) is 0.397. The summed E-state index contributed by atoms with van der Waals surface area (Å²) in [7, 11) is 4.25. The van der Waals surface area contributed by atoms with Crippen molar-refractivity contribution in [3.05, 3.63) is 33.9 Å². The number of likely N-dealkylation sites (tertiary alicyclic amines) is 1. The standard InChI is InChI=1S/C21H28BrN3O2/c1-4-13(11-26)23-21(27)12-8-15-14-6-5-7-17-19(14)16(20(22)25(17)3)9-18(15)24(2)10-12/h5-7,12-13,15,18,26H,4,8-11H2,1-3H3,(H,23,27)/t12?,13-,15?,18+/m0/s1. The summed E-state index contributed by atoms with van der Waals surface area (Å²) in [5, 5.41) is 13.8. The molecule has 1 saturated heterocycles. The number of aliphatic hydroxyl groups excluding tert-OH is 1. The van der Waals surface area contributed by atoms with E-state index < -0.39 is 0 Å². The van der Waals surface area contributed by atoms with Gasteiger partial charge in [-0.25, -0.2) is 0 Å². The summed E-state index contributed by atoms with van der Waals surface area (Å²) in [4.78, 5) is 15.2. The van der Waals surface area contributed by atoms with Crippen molar-refractivity contribution < 1.29 is 9.90 Å². The number of hydrogen-bond acceptors (Lipinski definition) is 3. The second kappa shape index (κ2) is 7.22. The van der Waals surface area contributed by atoms with Crippen molar-refractivity contribution in [1.29, 1.82) is 0 Å². The van der Waals surface area contributed by atoms with Gasteiger partial charge in [-0.2, -0.15) is 0 Å². The van der Waals surface area contributed by atoms with Crippen LogP contribution in [-0.2, 0) is 18.3 Å². The predicted molar refractivity (Wildman–Crippen MR) is 111 cm³/mol. The number of aliphatic hydroxyl groups is 1. The molecule has 27 heavy (non-hydrogen) atoms. The van der Waals surface area contributed by atoms with Crippen LogP contribution in [0.15, 0.2) is 22.8 Å². The van der Waals surface area contributed by atoms with Crippen LogP contribution in [-0.4, -0.2) is 52.8 Å². The first-order chi connectivity index (χ1) is 13.0. The number of benzene rings is 1. The first kappa shape index (κ1) is 19.0. The third-order valence-electron chi connectivity index (χ3n) is 6.60. The molecule has 0 saturated carbocycles. The maximum absolute atomic E-state index is 12.8. The van der Waals surface area contributed by atoms with Crippen molar-refractivity contribution in [2.45, 2.75) is 44.2 Å². The van der Waals surface area contributed by atoms with Gasteiger partial charge in [0.1, 0.15) is 0 Å². The van der Waals surface area contributed by atoms with Crippen LogP contribution in [0.4, 0.5) is 0 Å². The first-order valence-electron chi connectivity index (χ1n) is 9.83. The zero-order valence-corrected chi connectivity index (χ0v) is 17.8. The van der Waals surface area contributed by atoms with E-state index in [4.69, 9.17) is 0 Å². The number of rotatable bonds is 4. The molecule has 2 unspecified atom stereocenters. The highest BCUT2D eigenvalue weighted by atomic mass is 79.9. The van der Waals surface area contributed by atoms with Crippen LogP contribution in [0.2, 0.25) is 0 Å². The van der Waals surface area contributed by atoms with Crippen molar-refractivity contribution in [2.24, 2.45) is 13.0 Å². The van der Waals surface area contributed by atoms with E-state index in [2.05, 4.69) is 63.0 Å². The van der Waals surface area contributed by atoms with Gasteiger partial charge in [0.2, 0.25) is 5.91 Å². The van der Waals surface area contributed by atoms with Crippen LogP contribution in [0.1, 0.15) is 36.8 Å². The number of aromatic nitrogens is 1. The Morgan fingerprint density at radius 1 is 1.41 bits per heavy atom. The number of halogens is 1. The highest BCUT2D eigenvalue weighted by Gasteiger charge is 2.42. The lowest BCUT2D eigenvalue weighted by Gasteiger charge is -2.45. The highest BCUT2D eigenvalue weighted by molar-refractivity contribution is 9.10. The van der Waals surface area contributed by atoms with Gasteiger partial charge in [-0.1, -0.05) is 19.1 Å². The van der Waals surface area contributed by atoms with E-state index in [1.807, 2.05) is 6.92 Å². The fraction of sp³-hybridized carbons (Fsp3) is 0.571. The molecule has 1 aliphatic carbocycles. The lowest BCUT2D eigenvalue weighted by Crippen LogP contribution is -2.52. The van der Waals surface area contributed by atoms with Crippen LogP contribution in [0.5, 0.6) is 0 Å². The van der Waals surface area contributed by atoms with E-state index in [0.29, 0.717) is 12.0 Å². The van der Waals surface area contributed by atoms with Gasteiger partial charge in [-0.15, -0.1) is 0 Å². The Morgan fingerprint density at radius 2 is 2.19 bits per heavy atom. The van der Waals surface area contributed by atoms with Crippen LogP contribution >= 0.6 is 15.9 Å². The molecule has 2 aromatic rings. The number of carbonyl (C=O) groups is 1. The second-order valence-electron chi connectivity index (χ2n) is 8.12. The molecule has 0 spiro atoms. The minimum atomic E-state index is -0.146. The van der Waals surface area contributed by atoms with E-state index in [0.717, 1.165) is 25.8 Å². The van der Waals surface area contributed by atoms with Crippen molar-refractivity contribution in [3.8, 4) is 0 Å². The molecular formula is C21H28BrN3O2. The van der Waals surface area contributed by atoms with Crippen LogP contribution < -0.4 is 5.32 Å². The molecule has 6 heteroatoms. The summed E-state index contributed by atoms with van der Waals surface area (Å²) in [6.07, 6.45) is 2.63. The highest BCUT2D eigenvalue weighted by Crippen LogP contribution is 2.47. The van der Waals surface area contributed by atoms with Crippen molar-refractivity contribution >= 4 is 32.7 Å². The first-order valence-corrected chi connectivity index (χ1v) is 10.6. The summed E-state index contributed by atoms with van der Waals surface area (Å²) < 4.78 is 3.40. The van der Waals surface area contributed by atoms with Crippen molar-refractivity contribution in [3.63, 3.8) is 0 Å². The van der Waals surface area contributed by atoms with Gasteiger partial charge < -0.3 is 19.9 Å². The summed E-state index contributed by atoms with van der Waals surface area (Å²) >= 11 is 3.79. The molecule has 4 rings (SSSR count). The Morgan fingerprint density at radius 3 is 2.89 bits per heavy atom. The molecule has 1 fully saturated rings. The van der Waals surface area contributed by atoms with Gasteiger partial charge in [0.15, 0.2) is 0 Å². The van der Waals surface area contributed by atoms with E-state index >= 15 is 0 Å². The Labute approximate surface area is 168 Å². The largest absolute Gasteiger partial charge is 0.394 e. The zero-order chi connectivity index (χ0) is 19.3. The normalized spacial score (nSPS) is 26.0. The molecule has 4 atom stereocenters. The topological polar surface area (TPSA) is 57.5 Å². The minimum absolute atomic E-state index is 0.00242. The van der Waals surface area contributed by atoms with Crippen molar-refractivity contribution in [1.82, 2.24) is 14.8 Å². The van der Waals surface area contributed by atoms with Gasteiger partial charge in [0.05, 0.1) is 23.2 Å². The predicted octanol–water partition coefficient (Wildman–Crippen LogP) is 2.79. The fourth-order valence-corrected chi connectivity index (χ4v) is 5.58. The molecule has 5 nitrogen and oxygen atoms in total.